The van der Waals surface area contributed by atoms with Crippen molar-refractivity contribution in [2.24, 2.45) is 12.8 Å². The van der Waals surface area contributed by atoms with Crippen LogP contribution in [0.25, 0.3) is 5.76 Å². The van der Waals surface area contributed by atoms with Gasteiger partial charge in [-0.1, -0.05) is 29.8 Å². The van der Waals surface area contributed by atoms with E-state index in [0.29, 0.717) is 5.69 Å². The minimum Gasteiger partial charge on any atom is -0.463 e. The summed E-state index contributed by atoms with van der Waals surface area (Å²) in [6.07, 6.45) is 0. The zero-order valence-corrected chi connectivity index (χ0v) is 16.3. The Kier molecular flexibility index (Phi) is 5.23. The standard InChI is InChI=1S/C21H22N4O3/c1-5-27-21(26)18-17(14-8-6-12(2)7-9-14)15(11-22)20(23)28-19(18)16-10-13(3)24-25(16)4/h6-10,17H,5,23H2,1-4H3. The molecule has 0 amide bonds. The summed E-state index contributed by atoms with van der Waals surface area (Å²) >= 11 is 0. The molecule has 144 valence electrons. The maximum Gasteiger partial charge on any atom is 0.338 e. The lowest BCUT2D eigenvalue weighted by Crippen LogP contribution is -2.26. The van der Waals surface area contributed by atoms with Gasteiger partial charge in [-0.05, 0) is 32.4 Å². The van der Waals surface area contributed by atoms with Crippen LogP contribution in [0.15, 0.2) is 47.4 Å². The number of hydrogen-bond acceptors (Lipinski definition) is 6. The number of nitriles is 1. The molecule has 3 rings (SSSR count). The number of carbonyl (C=O) groups is 1. The normalized spacial score (nSPS) is 16.6. The largest absolute Gasteiger partial charge is 0.463 e. The van der Waals surface area contributed by atoms with Crippen LogP contribution >= 0.6 is 0 Å². The molecule has 0 saturated heterocycles. The van der Waals surface area contributed by atoms with Gasteiger partial charge >= 0.3 is 5.97 Å². The van der Waals surface area contributed by atoms with E-state index in [1.165, 1.54) is 0 Å². The number of benzene rings is 1. The molecular weight excluding hydrogens is 356 g/mol. The minimum absolute atomic E-state index is 0.0324. The summed E-state index contributed by atoms with van der Waals surface area (Å²) in [6.45, 7) is 5.73. The van der Waals surface area contributed by atoms with Crippen LogP contribution in [0.5, 0.6) is 0 Å². The van der Waals surface area contributed by atoms with Gasteiger partial charge in [-0.3, -0.25) is 4.68 Å². The molecule has 1 aliphatic heterocycles. The van der Waals surface area contributed by atoms with Crippen molar-refractivity contribution in [1.82, 2.24) is 9.78 Å². The molecule has 1 aliphatic rings. The highest BCUT2D eigenvalue weighted by Crippen LogP contribution is 2.42. The van der Waals surface area contributed by atoms with Crippen LogP contribution < -0.4 is 5.73 Å². The number of esters is 1. The number of rotatable bonds is 4. The molecule has 0 saturated carbocycles. The smallest absolute Gasteiger partial charge is 0.338 e. The number of nitrogens with two attached hydrogens (primary N) is 1. The second-order valence-electron chi connectivity index (χ2n) is 6.59. The molecule has 7 heteroatoms. The molecule has 0 fully saturated rings. The first-order chi connectivity index (χ1) is 13.4. The van der Waals surface area contributed by atoms with Crippen molar-refractivity contribution < 1.29 is 14.3 Å². The molecule has 2 heterocycles. The Labute approximate surface area is 163 Å². The summed E-state index contributed by atoms with van der Waals surface area (Å²) in [6, 6.07) is 11.5. The van der Waals surface area contributed by atoms with Gasteiger partial charge in [0.05, 0.1) is 23.8 Å². The van der Waals surface area contributed by atoms with Crippen LogP contribution in [-0.2, 0) is 21.3 Å². The number of aryl methyl sites for hydroxylation is 3. The van der Waals surface area contributed by atoms with Crippen molar-refractivity contribution in [3.05, 3.63) is 69.9 Å². The van der Waals surface area contributed by atoms with Crippen LogP contribution in [0.3, 0.4) is 0 Å². The molecule has 1 unspecified atom stereocenters. The van der Waals surface area contributed by atoms with Crippen molar-refractivity contribution in [2.75, 3.05) is 6.61 Å². The summed E-state index contributed by atoms with van der Waals surface area (Å²) in [5, 5.41) is 14.1. The Morgan fingerprint density at radius 2 is 2.04 bits per heavy atom. The number of ether oxygens (including phenoxy) is 2. The predicted octanol–water partition coefficient (Wildman–Crippen LogP) is 2.82. The second kappa shape index (κ2) is 7.61. The fourth-order valence-corrected chi connectivity index (χ4v) is 3.28. The van der Waals surface area contributed by atoms with Gasteiger partial charge in [-0.25, -0.2) is 4.79 Å². The SMILES string of the molecule is CCOC(=O)C1=C(c2cc(C)nn2C)OC(N)=C(C#N)C1c1ccc(C)cc1. The molecule has 0 radical (unpaired) electrons. The first-order valence-electron chi connectivity index (χ1n) is 8.93. The van der Waals surface area contributed by atoms with Crippen LogP contribution in [0.2, 0.25) is 0 Å². The average Bonchev–Trinajstić information content (AvgIpc) is 2.99. The molecule has 0 aliphatic carbocycles. The van der Waals surface area contributed by atoms with Gasteiger partial charge < -0.3 is 15.2 Å². The van der Waals surface area contributed by atoms with E-state index in [1.807, 2.05) is 38.1 Å². The van der Waals surface area contributed by atoms with E-state index in [9.17, 15) is 10.1 Å². The fraction of sp³-hybridized carbons (Fsp3) is 0.286. The highest BCUT2D eigenvalue weighted by atomic mass is 16.5. The number of carbonyl (C=O) groups excluding carboxylic acids is 1. The van der Waals surface area contributed by atoms with E-state index >= 15 is 0 Å². The molecule has 28 heavy (non-hydrogen) atoms. The molecule has 2 N–H and O–H groups in total. The van der Waals surface area contributed by atoms with E-state index in [0.717, 1.165) is 16.8 Å². The van der Waals surface area contributed by atoms with Crippen molar-refractivity contribution in [3.63, 3.8) is 0 Å². The molecule has 2 aromatic rings. The Morgan fingerprint density at radius 3 is 2.57 bits per heavy atom. The maximum absolute atomic E-state index is 13.0. The Morgan fingerprint density at radius 1 is 1.36 bits per heavy atom. The minimum atomic E-state index is -0.691. The van der Waals surface area contributed by atoms with Crippen molar-refractivity contribution in [1.29, 1.82) is 5.26 Å². The number of allylic oxidation sites excluding steroid dienone is 1. The monoisotopic (exact) mass is 378 g/mol. The van der Waals surface area contributed by atoms with Gasteiger partial charge in [0.1, 0.15) is 17.3 Å². The molecule has 7 nitrogen and oxygen atoms in total. The van der Waals surface area contributed by atoms with Gasteiger partial charge in [0.25, 0.3) is 0 Å². The van der Waals surface area contributed by atoms with E-state index < -0.39 is 11.9 Å². The Bertz CT molecular complexity index is 1020. The Balaban J connectivity index is 2.30. The third-order valence-electron chi connectivity index (χ3n) is 4.56. The first kappa shape index (κ1) is 19.2. The number of hydrogen-bond donors (Lipinski definition) is 1. The van der Waals surface area contributed by atoms with Crippen molar-refractivity contribution >= 4 is 11.7 Å². The predicted molar refractivity (Wildman–Crippen MR) is 103 cm³/mol. The lowest BCUT2D eigenvalue weighted by Gasteiger charge is -2.28. The van der Waals surface area contributed by atoms with Gasteiger partial charge in [-0.2, -0.15) is 10.4 Å². The average molecular weight is 378 g/mol. The van der Waals surface area contributed by atoms with Gasteiger partial charge in [-0.15, -0.1) is 0 Å². The molecule has 1 aromatic carbocycles. The molecule has 1 atom stereocenters. The second-order valence-corrected chi connectivity index (χ2v) is 6.59. The Hall–Kier alpha value is -3.53. The molecule has 0 spiro atoms. The van der Waals surface area contributed by atoms with Crippen molar-refractivity contribution in [2.45, 2.75) is 26.7 Å². The lowest BCUT2D eigenvalue weighted by atomic mass is 9.82. The van der Waals surface area contributed by atoms with Gasteiger partial charge in [0, 0.05) is 7.05 Å². The topological polar surface area (TPSA) is 103 Å². The molecule has 0 bridgehead atoms. The summed E-state index contributed by atoms with van der Waals surface area (Å²) in [5.41, 5.74) is 9.66. The summed E-state index contributed by atoms with van der Waals surface area (Å²) < 4.78 is 12.7. The zero-order chi connectivity index (χ0) is 20.4. The number of aromatic nitrogens is 2. The highest BCUT2D eigenvalue weighted by molar-refractivity contribution is 5.99. The van der Waals surface area contributed by atoms with Gasteiger partial charge in [0.15, 0.2) is 5.76 Å². The van der Waals surface area contributed by atoms with E-state index in [4.69, 9.17) is 15.2 Å². The van der Waals surface area contributed by atoms with Crippen LogP contribution in [0, 0.1) is 25.2 Å². The highest BCUT2D eigenvalue weighted by Gasteiger charge is 2.39. The summed E-state index contributed by atoms with van der Waals surface area (Å²) in [7, 11) is 1.75. The van der Waals surface area contributed by atoms with E-state index in [2.05, 4.69) is 11.2 Å². The first-order valence-corrected chi connectivity index (χ1v) is 8.93. The zero-order valence-electron chi connectivity index (χ0n) is 16.3. The molecular formula is C21H22N4O3. The van der Waals surface area contributed by atoms with Gasteiger partial charge in [0.2, 0.25) is 5.88 Å². The fourth-order valence-electron chi connectivity index (χ4n) is 3.28. The van der Waals surface area contributed by atoms with E-state index in [-0.39, 0.29) is 29.4 Å². The summed E-state index contributed by atoms with van der Waals surface area (Å²) in [4.78, 5) is 13.0. The third-order valence-corrected chi connectivity index (χ3v) is 4.56. The van der Waals surface area contributed by atoms with Crippen molar-refractivity contribution in [3.8, 4) is 6.07 Å². The summed E-state index contributed by atoms with van der Waals surface area (Å²) in [5.74, 6) is -1.02. The maximum atomic E-state index is 13.0. The molecule has 1 aromatic heterocycles. The van der Waals surface area contributed by atoms with E-state index in [1.54, 1.807) is 24.7 Å². The number of nitrogens with zero attached hydrogens (tertiary/aromatic N) is 3. The van der Waals surface area contributed by atoms with Crippen LogP contribution in [0.1, 0.15) is 35.4 Å². The quantitative estimate of drug-likeness (QED) is 0.821. The third kappa shape index (κ3) is 3.37. The van der Waals surface area contributed by atoms with Crippen LogP contribution in [-0.4, -0.2) is 22.4 Å². The lowest BCUT2D eigenvalue weighted by molar-refractivity contribution is -0.138. The van der Waals surface area contributed by atoms with Crippen LogP contribution in [0.4, 0.5) is 0 Å².